The van der Waals surface area contributed by atoms with E-state index in [-0.39, 0.29) is 12.5 Å². The molecule has 0 bridgehead atoms. The van der Waals surface area contributed by atoms with Crippen molar-refractivity contribution in [2.45, 2.75) is 47.1 Å². The predicted molar refractivity (Wildman–Crippen MR) is 88.9 cm³/mol. The monoisotopic (exact) mass is 301 g/mol. The van der Waals surface area contributed by atoms with Crippen LogP contribution < -0.4 is 0 Å². The summed E-state index contributed by atoms with van der Waals surface area (Å²) in [5.74, 6) is -0.710. The van der Waals surface area contributed by atoms with Crippen LogP contribution in [0.2, 0.25) is 0 Å². The average Bonchev–Trinajstić information content (AvgIpc) is 2.46. The van der Waals surface area contributed by atoms with Crippen LogP contribution in [0.5, 0.6) is 0 Å². The smallest absolute Gasteiger partial charge is 0.304 e. The minimum atomic E-state index is -0.710. The quantitative estimate of drug-likeness (QED) is 0.562. The molecule has 0 fully saturated rings. The van der Waals surface area contributed by atoms with Gasteiger partial charge in [-0.3, -0.25) is 9.69 Å². The topological polar surface area (TPSA) is 47.0 Å². The molecule has 0 saturated heterocycles. The number of carboxylic acids is 1. The van der Waals surface area contributed by atoms with Gasteiger partial charge in [-0.25, -0.2) is 0 Å². The van der Waals surface area contributed by atoms with E-state index in [0.717, 1.165) is 52.4 Å². The molecule has 21 heavy (non-hydrogen) atoms. The highest BCUT2D eigenvalue weighted by atomic mass is 16.4. The van der Waals surface area contributed by atoms with E-state index in [0.29, 0.717) is 0 Å². The molecule has 0 spiro atoms. The molecule has 0 amide bonds. The van der Waals surface area contributed by atoms with Crippen LogP contribution in [0.3, 0.4) is 0 Å². The molecule has 0 aromatic heterocycles. The van der Waals surface area contributed by atoms with Crippen molar-refractivity contribution in [3.63, 3.8) is 0 Å². The lowest BCUT2D eigenvalue weighted by molar-refractivity contribution is -0.138. The fourth-order valence-corrected chi connectivity index (χ4v) is 2.55. The lowest BCUT2D eigenvalue weighted by atomic mass is 10.2. The van der Waals surface area contributed by atoms with E-state index in [1.165, 1.54) is 0 Å². The number of aliphatic carboxylic acids is 1. The van der Waals surface area contributed by atoms with Gasteiger partial charge in [-0.15, -0.1) is 0 Å². The van der Waals surface area contributed by atoms with Gasteiger partial charge in [-0.05, 0) is 33.1 Å². The number of nitrogens with zero attached hydrogens (tertiary/aromatic N) is 3. The molecule has 0 aliphatic rings. The number of hydrogen-bond acceptors (Lipinski definition) is 4. The lowest BCUT2D eigenvalue weighted by Gasteiger charge is -2.32. The summed E-state index contributed by atoms with van der Waals surface area (Å²) >= 11 is 0. The van der Waals surface area contributed by atoms with E-state index in [1.807, 2.05) is 6.92 Å². The molecule has 0 aliphatic carbocycles. The number of carbonyl (C=O) groups is 1. The van der Waals surface area contributed by atoms with Crippen molar-refractivity contribution in [2.75, 3.05) is 52.4 Å². The summed E-state index contributed by atoms with van der Waals surface area (Å²) in [5.41, 5.74) is 0. The molecular weight excluding hydrogens is 266 g/mol. The maximum atomic E-state index is 11.0. The molecule has 0 radical (unpaired) electrons. The summed E-state index contributed by atoms with van der Waals surface area (Å²) in [6.45, 7) is 18.8. The number of hydrogen-bond donors (Lipinski definition) is 1. The Morgan fingerprint density at radius 3 is 1.52 bits per heavy atom. The van der Waals surface area contributed by atoms with Gasteiger partial charge in [-0.1, -0.05) is 27.7 Å². The molecular formula is C16H35N3O2. The fraction of sp³-hybridized carbons (Fsp3) is 0.938. The van der Waals surface area contributed by atoms with Crippen LogP contribution in [0.15, 0.2) is 0 Å². The molecule has 5 nitrogen and oxygen atoms in total. The van der Waals surface area contributed by atoms with Crippen LogP contribution in [-0.2, 0) is 4.79 Å². The highest BCUT2D eigenvalue weighted by molar-refractivity contribution is 5.67. The minimum Gasteiger partial charge on any atom is -0.481 e. The van der Waals surface area contributed by atoms with Crippen molar-refractivity contribution in [2.24, 2.45) is 0 Å². The molecule has 1 N–H and O–H groups in total. The van der Waals surface area contributed by atoms with Gasteiger partial charge < -0.3 is 14.9 Å². The van der Waals surface area contributed by atoms with E-state index < -0.39 is 5.97 Å². The third kappa shape index (κ3) is 9.06. The van der Waals surface area contributed by atoms with Gasteiger partial charge in [0.15, 0.2) is 0 Å². The van der Waals surface area contributed by atoms with Crippen LogP contribution in [0.1, 0.15) is 41.0 Å². The summed E-state index contributed by atoms with van der Waals surface area (Å²) in [6.07, 6.45) is 0.219. The molecule has 5 heteroatoms. The fourth-order valence-electron chi connectivity index (χ4n) is 2.55. The van der Waals surface area contributed by atoms with Gasteiger partial charge in [0.1, 0.15) is 0 Å². The molecule has 1 unspecified atom stereocenters. The van der Waals surface area contributed by atoms with Crippen LogP contribution in [0.25, 0.3) is 0 Å². The van der Waals surface area contributed by atoms with E-state index in [9.17, 15) is 4.79 Å². The Kier molecular flexibility index (Phi) is 11.6. The maximum absolute atomic E-state index is 11.0. The summed E-state index contributed by atoms with van der Waals surface area (Å²) < 4.78 is 0. The maximum Gasteiger partial charge on any atom is 0.304 e. The minimum absolute atomic E-state index is 0.0913. The first kappa shape index (κ1) is 20.3. The molecule has 0 aliphatic heterocycles. The largest absolute Gasteiger partial charge is 0.481 e. The molecule has 126 valence electrons. The molecule has 0 aromatic carbocycles. The van der Waals surface area contributed by atoms with E-state index in [4.69, 9.17) is 5.11 Å². The van der Waals surface area contributed by atoms with Crippen molar-refractivity contribution < 1.29 is 9.90 Å². The first-order valence-corrected chi connectivity index (χ1v) is 8.38. The second-order valence-electron chi connectivity index (χ2n) is 5.54. The average molecular weight is 301 g/mol. The first-order valence-electron chi connectivity index (χ1n) is 8.38. The Morgan fingerprint density at radius 2 is 1.24 bits per heavy atom. The zero-order chi connectivity index (χ0) is 16.3. The van der Waals surface area contributed by atoms with Crippen LogP contribution in [0.4, 0.5) is 0 Å². The van der Waals surface area contributed by atoms with E-state index in [1.54, 1.807) is 0 Å². The van der Waals surface area contributed by atoms with Gasteiger partial charge in [0.25, 0.3) is 0 Å². The van der Waals surface area contributed by atoms with Crippen LogP contribution in [0, 0.1) is 0 Å². The second kappa shape index (κ2) is 12.0. The van der Waals surface area contributed by atoms with Crippen molar-refractivity contribution >= 4 is 5.97 Å². The van der Waals surface area contributed by atoms with Gasteiger partial charge in [0, 0.05) is 32.2 Å². The third-order valence-corrected chi connectivity index (χ3v) is 4.29. The zero-order valence-electron chi connectivity index (χ0n) is 14.6. The Balaban J connectivity index is 4.48. The summed E-state index contributed by atoms with van der Waals surface area (Å²) in [5, 5.41) is 9.02. The first-order chi connectivity index (χ1) is 9.98. The highest BCUT2D eigenvalue weighted by Gasteiger charge is 2.18. The Bertz CT molecular complexity index is 250. The van der Waals surface area contributed by atoms with Crippen molar-refractivity contribution in [1.29, 1.82) is 0 Å². The van der Waals surface area contributed by atoms with E-state index >= 15 is 0 Å². The van der Waals surface area contributed by atoms with Crippen molar-refractivity contribution in [3.05, 3.63) is 0 Å². The zero-order valence-corrected chi connectivity index (χ0v) is 14.6. The van der Waals surface area contributed by atoms with Crippen LogP contribution >= 0.6 is 0 Å². The molecule has 0 rings (SSSR count). The molecule has 0 aromatic rings. The molecule has 0 heterocycles. The Labute approximate surface area is 130 Å². The van der Waals surface area contributed by atoms with Gasteiger partial charge >= 0.3 is 5.97 Å². The summed E-state index contributed by atoms with van der Waals surface area (Å²) in [4.78, 5) is 18.1. The van der Waals surface area contributed by atoms with Crippen molar-refractivity contribution in [1.82, 2.24) is 14.7 Å². The molecule has 1 atom stereocenters. The van der Waals surface area contributed by atoms with Gasteiger partial charge in [0.2, 0.25) is 0 Å². The summed E-state index contributed by atoms with van der Waals surface area (Å²) in [6, 6.07) is 0.0913. The Hall–Kier alpha value is -0.650. The standard InChI is InChI=1S/C16H35N3O2/c1-6-17(7-2)10-12-19(15(5)14-16(20)21)13-11-18(8-3)9-4/h15H,6-14H2,1-5H3,(H,20,21). The van der Waals surface area contributed by atoms with Gasteiger partial charge in [0.05, 0.1) is 6.42 Å². The van der Waals surface area contributed by atoms with Crippen LogP contribution in [-0.4, -0.2) is 84.2 Å². The number of carboxylic acid groups (broad SMARTS) is 1. The molecule has 0 saturated carbocycles. The van der Waals surface area contributed by atoms with E-state index in [2.05, 4.69) is 42.4 Å². The lowest BCUT2D eigenvalue weighted by Crippen LogP contribution is -2.44. The normalized spacial score (nSPS) is 13.3. The summed E-state index contributed by atoms with van der Waals surface area (Å²) in [7, 11) is 0. The number of likely N-dealkylation sites (N-methyl/N-ethyl adjacent to an activating group) is 2. The third-order valence-electron chi connectivity index (χ3n) is 4.29. The predicted octanol–water partition coefficient (Wildman–Crippen LogP) is 1.84. The Morgan fingerprint density at radius 1 is 0.857 bits per heavy atom. The SMILES string of the molecule is CCN(CC)CCN(CCN(CC)CC)C(C)CC(=O)O. The second-order valence-corrected chi connectivity index (χ2v) is 5.54. The van der Waals surface area contributed by atoms with Gasteiger partial charge in [-0.2, -0.15) is 0 Å². The van der Waals surface area contributed by atoms with Crippen molar-refractivity contribution in [3.8, 4) is 0 Å². The number of rotatable bonds is 13. The highest BCUT2D eigenvalue weighted by Crippen LogP contribution is 2.05.